The van der Waals surface area contributed by atoms with Crippen molar-refractivity contribution < 1.29 is 0 Å². The first-order valence-electron chi connectivity index (χ1n) is 9.68. The Bertz CT molecular complexity index is 300. The van der Waals surface area contributed by atoms with Gasteiger partial charge in [-0.2, -0.15) is 0 Å². The van der Waals surface area contributed by atoms with E-state index in [4.69, 9.17) is 0 Å². The van der Waals surface area contributed by atoms with E-state index in [-0.39, 0.29) is 0 Å². The lowest BCUT2D eigenvalue weighted by atomic mass is 9.94. The number of nitrogens with one attached hydrogen (secondary N) is 2. The molecule has 0 aromatic carbocycles. The van der Waals surface area contributed by atoms with Gasteiger partial charge >= 0.3 is 0 Å². The van der Waals surface area contributed by atoms with Crippen molar-refractivity contribution in [2.24, 2.45) is 5.92 Å². The molecular weight excluding hydrogens is 272 g/mol. The maximum absolute atomic E-state index is 3.84. The quantitative estimate of drug-likeness (QED) is 0.806. The molecule has 0 radical (unpaired) electrons. The Balaban J connectivity index is 1.28. The highest BCUT2D eigenvalue weighted by Gasteiger charge is 2.27. The van der Waals surface area contributed by atoms with Gasteiger partial charge in [0, 0.05) is 12.1 Å². The van der Waals surface area contributed by atoms with Crippen LogP contribution in [0.5, 0.6) is 0 Å². The molecule has 3 aliphatic heterocycles. The van der Waals surface area contributed by atoms with Crippen LogP contribution in [0.15, 0.2) is 0 Å². The molecule has 0 aromatic rings. The van der Waals surface area contributed by atoms with Crippen LogP contribution in [0.4, 0.5) is 0 Å². The summed E-state index contributed by atoms with van der Waals surface area (Å²) in [6.07, 6.45) is 9.63. The fourth-order valence-electron chi connectivity index (χ4n) is 4.49. The molecule has 0 amide bonds. The van der Waals surface area contributed by atoms with Crippen LogP contribution >= 0.6 is 0 Å². The molecule has 3 aliphatic rings. The van der Waals surface area contributed by atoms with Gasteiger partial charge in [-0.25, -0.2) is 0 Å². The van der Waals surface area contributed by atoms with Gasteiger partial charge in [-0.1, -0.05) is 0 Å². The van der Waals surface area contributed by atoms with E-state index in [0.29, 0.717) is 0 Å². The maximum Gasteiger partial charge on any atom is 0.0120 e. The fourth-order valence-corrected chi connectivity index (χ4v) is 4.49. The zero-order valence-corrected chi connectivity index (χ0v) is 14.5. The van der Waals surface area contributed by atoms with Crippen LogP contribution in [0.25, 0.3) is 0 Å². The van der Waals surface area contributed by atoms with E-state index in [1.54, 1.807) is 0 Å². The van der Waals surface area contributed by atoms with Crippen LogP contribution in [-0.4, -0.2) is 74.7 Å². The van der Waals surface area contributed by atoms with Crippen molar-refractivity contribution in [1.29, 1.82) is 0 Å². The Morgan fingerprint density at radius 1 is 0.909 bits per heavy atom. The second kappa shape index (κ2) is 8.62. The van der Waals surface area contributed by atoms with Crippen LogP contribution in [0.2, 0.25) is 0 Å². The molecule has 4 nitrogen and oxygen atoms in total. The molecule has 3 rings (SSSR count). The Morgan fingerprint density at radius 3 is 2.27 bits per heavy atom. The molecule has 0 unspecified atom stereocenters. The van der Waals surface area contributed by atoms with Crippen molar-refractivity contribution in [1.82, 2.24) is 20.4 Å². The van der Waals surface area contributed by atoms with Gasteiger partial charge in [0.15, 0.2) is 0 Å². The van der Waals surface area contributed by atoms with Crippen LogP contribution in [0, 0.1) is 5.92 Å². The van der Waals surface area contributed by atoms with E-state index in [1.807, 2.05) is 0 Å². The first-order chi connectivity index (χ1) is 10.8. The number of rotatable bonds is 5. The molecule has 0 atom stereocenters. The minimum absolute atomic E-state index is 0.782. The second-order valence-electron chi connectivity index (χ2n) is 7.78. The molecule has 22 heavy (non-hydrogen) atoms. The van der Waals surface area contributed by atoms with Gasteiger partial charge < -0.3 is 20.4 Å². The van der Waals surface area contributed by atoms with Gasteiger partial charge in [0.05, 0.1) is 0 Å². The van der Waals surface area contributed by atoms with E-state index < -0.39 is 0 Å². The summed E-state index contributed by atoms with van der Waals surface area (Å²) in [6.45, 7) is 8.93. The summed E-state index contributed by atoms with van der Waals surface area (Å²) in [5.74, 6) is 0.966. The molecule has 3 heterocycles. The fraction of sp³-hybridized carbons (Fsp3) is 1.00. The Hall–Kier alpha value is -0.160. The smallest absolute Gasteiger partial charge is 0.0120 e. The number of hydrogen-bond donors (Lipinski definition) is 2. The number of likely N-dealkylation sites (tertiary alicyclic amines) is 2. The number of piperidine rings is 3. The van der Waals surface area contributed by atoms with E-state index >= 15 is 0 Å². The van der Waals surface area contributed by atoms with Gasteiger partial charge in [-0.05, 0) is 104 Å². The summed E-state index contributed by atoms with van der Waals surface area (Å²) in [5.41, 5.74) is 0. The summed E-state index contributed by atoms with van der Waals surface area (Å²) in [5, 5.41) is 7.31. The van der Waals surface area contributed by atoms with Gasteiger partial charge in [0.1, 0.15) is 0 Å². The van der Waals surface area contributed by atoms with E-state index in [9.17, 15) is 0 Å². The predicted molar refractivity (Wildman–Crippen MR) is 93.3 cm³/mol. The standard InChI is InChI=1S/C18H36N4/c1-21-12-7-18(8-13-21)22-14-5-17(6-15-22)20-11-4-16-2-9-19-10-3-16/h16-20H,2-15H2,1H3. The summed E-state index contributed by atoms with van der Waals surface area (Å²) in [4.78, 5) is 5.25. The molecule has 3 fully saturated rings. The summed E-state index contributed by atoms with van der Waals surface area (Å²) >= 11 is 0. The minimum atomic E-state index is 0.782. The van der Waals surface area contributed by atoms with Gasteiger partial charge in [-0.3, -0.25) is 0 Å². The van der Waals surface area contributed by atoms with Crippen LogP contribution < -0.4 is 10.6 Å². The van der Waals surface area contributed by atoms with Gasteiger partial charge in [0.25, 0.3) is 0 Å². The maximum atomic E-state index is 3.84. The zero-order valence-electron chi connectivity index (χ0n) is 14.5. The van der Waals surface area contributed by atoms with Crippen LogP contribution in [-0.2, 0) is 0 Å². The highest BCUT2D eigenvalue weighted by Crippen LogP contribution is 2.21. The highest BCUT2D eigenvalue weighted by molar-refractivity contribution is 4.84. The van der Waals surface area contributed by atoms with Crippen molar-refractivity contribution in [3.63, 3.8) is 0 Å². The largest absolute Gasteiger partial charge is 0.317 e. The van der Waals surface area contributed by atoms with E-state index in [0.717, 1.165) is 18.0 Å². The molecule has 4 heteroatoms. The average Bonchev–Trinajstić information content (AvgIpc) is 2.57. The van der Waals surface area contributed by atoms with Crippen molar-refractivity contribution in [2.45, 2.75) is 57.0 Å². The minimum Gasteiger partial charge on any atom is -0.317 e. The van der Waals surface area contributed by atoms with Crippen molar-refractivity contribution in [2.75, 3.05) is 52.9 Å². The Morgan fingerprint density at radius 2 is 1.59 bits per heavy atom. The second-order valence-corrected chi connectivity index (χ2v) is 7.78. The number of hydrogen-bond acceptors (Lipinski definition) is 4. The zero-order chi connectivity index (χ0) is 15.2. The molecular formula is C18H36N4. The van der Waals surface area contributed by atoms with Gasteiger partial charge in [-0.15, -0.1) is 0 Å². The summed E-state index contributed by atoms with van der Waals surface area (Å²) in [6, 6.07) is 1.65. The molecule has 0 bridgehead atoms. The monoisotopic (exact) mass is 308 g/mol. The first kappa shape index (κ1) is 16.7. The van der Waals surface area contributed by atoms with Gasteiger partial charge in [0.2, 0.25) is 0 Å². The van der Waals surface area contributed by atoms with Crippen LogP contribution in [0.1, 0.15) is 44.9 Å². The van der Waals surface area contributed by atoms with Crippen molar-refractivity contribution >= 4 is 0 Å². The molecule has 0 spiro atoms. The third kappa shape index (κ3) is 4.92. The topological polar surface area (TPSA) is 30.5 Å². The highest BCUT2D eigenvalue weighted by atomic mass is 15.2. The lowest BCUT2D eigenvalue weighted by Crippen LogP contribution is -2.50. The lowest BCUT2D eigenvalue weighted by molar-refractivity contribution is 0.0920. The average molecular weight is 309 g/mol. The molecule has 2 N–H and O–H groups in total. The van der Waals surface area contributed by atoms with Crippen molar-refractivity contribution in [3.05, 3.63) is 0 Å². The van der Waals surface area contributed by atoms with E-state index in [1.165, 1.54) is 90.8 Å². The summed E-state index contributed by atoms with van der Waals surface area (Å²) in [7, 11) is 2.26. The normalized spacial score (nSPS) is 28.2. The molecule has 0 aliphatic carbocycles. The molecule has 0 saturated carbocycles. The Kier molecular flexibility index (Phi) is 6.54. The molecule has 128 valence electrons. The first-order valence-corrected chi connectivity index (χ1v) is 9.68. The van der Waals surface area contributed by atoms with Crippen LogP contribution in [0.3, 0.4) is 0 Å². The number of nitrogens with zero attached hydrogens (tertiary/aromatic N) is 2. The third-order valence-electron chi connectivity index (χ3n) is 6.18. The van der Waals surface area contributed by atoms with Crippen molar-refractivity contribution in [3.8, 4) is 0 Å². The summed E-state index contributed by atoms with van der Waals surface area (Å²) < 4.78 is 0. The third-order valence-corrected chi connectivity index (χ3v) is 6.18. The lowest BCUT2D eigenvalue weighted by Gasteiger charge is -2.41. The molecule has 0 aromatic heterocycles. The Labute approximate surface area is 137 Å². The van der Waals surface area contributed by atoms with E-state index in [2.05, 4.69) is 27.5 Å². The molecule has 3 saturated heterocycles. The predicted octanol–water partition coefficient (Wildman–Crippen LogP) is 1.52. The SMILES string of the molecule is CN1CCC(N2CCC(NCCC3CCNCC3)CC2)CC1.